The minimum atomic E-state index is -0.00481. The molecule has 2 aromatic rings. The van der Waals surface area contributed by atoms with Gasteiger partial charge in [0.15, 0.2) is 5.82 Å². The van der Waals surface area contributed by atoms with Crippen LogP contribution in [0.4, 0.5) is 17.7 Å². The largest absolute Gasteiger partial charge is 0.461 e. The molecule has 102 valence electrons. The van der Waals surface area contributed by atoms with Gasteiger partial charge in [0.25, 0.3) is 0 Å². The Morgan fingerprint density at radius 3 is 2.53 bits per heavy atom. The molecule has 2 rings (SSSR count). The van der Waals surface area contributed by atoms with Crippen molar-refractivity contribution in [1.82, 2.24) is 24.7 Å². The van der Waals surface area contributed by atoms with Crippen LogP contribution in [-0.2, 0) is 7.05 Å². The van der Waals surface area contributed by atoms with Crippen molar-refractivity contribution in [2.24, 2.45) is 7.05 Å². The third-order valence-electron chi connectivity index (χ3n) is 2.13. The predicted octanol–water partition coefficient (Wildman–Crippen LogP) is 1.18. The van der Waals surface area contributed by atoms with Gasteiger partial charge < -0.3 is 15.4 Å². The highest BCUT2D eigenvalue weighted by atomic mass is 16.5. The van der Waals surface area contributed by atoms with Crippen LogP contribution in [-0.4, -0.2) is 37.9 Å². The van der Waals surface area contributed by atoms with Gasteiger partial charge in [0, 0.05) is 26.4 Å². The summed E-state index contributed by atoms with van der Waals surface area (Å²) >= 11 is 0. The summed E-state index contributed by atoms with van der Waals surface area (Å²) in [6.07, 6.45) is 1.82. The normalized spacial score (nSPS) is 10.6. The Morgan fingerprint density at radius 2 is 1.95 bits per heavy atom. The third kappa shape index (κ3) is 3.54. The Morgan fingerprint density at radius 1 is 1.21 bits per heavy atom. The van der Waals surface area contributed by atoms with E-state index in [1.165, 1.54) is 0 Å². The van der Waals surface area contributed by atoms with E-state index in [0.717, 1.165) is 0 Å². The van der Waals surface area contributed by atoms with Crippen molar-refractivity contribution in [3.63, 3.8) is 0 Å². The van der Waals surface area contributed by atoms with E-state index in [1.807, 2.05) is 33.2 Å². The lowest BCUT2D eigenvalue weighted by Gasteiger charge is -2.10. The number of nitrogens with zero attached hydrogens (tertiary/aromatic N) is 5. The van der Waals surface area contributed by atoms with E-state index < -0.39 is 0 Å². The molecule has 0 fully saturated rings. The molecule has 2 aromatic heterocycles. The molecule has 8 nitrogen and oxygen atoms in total. The second kappa shape index (κ2) is 5.51. The molecule has 0 radical (unpaired) electrons. The standard InChI is InChI=1S/C11H17N7O/c1-7(2)19-11-15-9(12-3)14-10(16-11)13-8-5-6-18(4)17-8/h5-7H,1-4H3,(H2,12,13,14,15,16,17). The van der Waals surface area contributed by atoms with Gasteiger partial charge in [0.1, 0.15) is 0 Å². The Kier molecular flexibility index (Phi) is 3.79. The molecule has 0 amide bonds. The summed E-state index contributed by atoms with van der Waals surface area (Å²) in [6, 6.07) is 2.10. The van der Waals surface area contributed by atoms with Crippen LogP contribution in [0.3, 0.4) is 0 Å². The first kappa shape index (κ1) is 13.1. The van der Waals surface area contributed by atoms with Crippen molar-refractivity contribution in [2.75, 3.05) is 17.7 Å². The van der Waals surface area contributed by atoms with E-state index in [0.29, 0.717) is 17.7 Å². The SMILES string of the molecule is CNc1nc(Nc2ccn(C)n2)nc(OC(C)C)n1. The van der Waals surface area contributed by atoms with Crippen LogP contribution < -0.4 is 15.4 Å². The fraction of sp³-hybridized carbons (Fsp3) is 0.455. The van der Waals surface area contributed by atoms with Crippen LogP contribution in [0.2, 0.25) is 0 Å². The zero-order valence-electron chi connectivity index (χ0n) is 11.4. The monoisotopic (exact) mass is 263 g/mol. The molecule has 0 saturated heterocycles. The lowest BCUT2D eigenvalue weighted by Crippen LogP contribution is -2.12. The summed E-state index contributed by atoms with van der Waals surface area (Å²) < 4.78 is 7.16. The van der Waals surface area contributed by atoms with Gasteiger partial charge in [0.05, 0.1) is 6.10 Å². The van der Waals surface area contributed by atoms with Gasteiger partial charge in [-0.05, 0) is 13.8 Å². The molecule has 0 aliphatic heterocycles. The van der Waals surface area contributed by atoms with E-state index in [4.69, 9.17) is 4.74 Å². The molecule has 2 N–H and O–H groups in total. The third-order valence-corrected chi connectivity index (χ3v) is 2.13. The van der Waals surface area contributed by atoms with Crippen LogP contribution in [0.5, 0.6) is 6.01 Å². The Bertz CT molecular complexity index is 552. The topological polar surface area (TPSA) is 89.8 Å². The number of rotatable bonds is 5. The highest BCUT2D eigenvalue weighted by Crippen LogP contribution is 2.15. The van der Waals surface area contributed by atoms with E-state index in [-0.39, 0.29) is 12.1 Å². The minimum Gasteiger partial charge on any atom is -0.461 e. The molecule has 0 saturated carbocycles. The van der Waals surface area contributed by atoms with Crippen LogP contribution >= 0.6 is 0 Å². The lowest BCUT2D eigenvalue weighted by atomic mass is 10.5. The number of hydrogen-bond acceptors (Lipinski definition) is 7. The maximum atomic E-state index is 5.47. The maximum Gasteiger partial charge on any atom is 0.323 e. The van der Waals surface area contributed by atoms with E-state index in [1.54, 1.807) is 11.7 Å². The van der Waals surface area contributed by atoms with Crippen LogP contribution in [0.1, 0.15) is 13.8 Å². The second-order valence-corrected chi connectivity index (χ2v) is 4.18. The Labute approximate surface area is 111 Å². The highest BCUT2D eigenvalue weighted by molar-refractivity contribution is 5.48. The van der Waals surface area contributed by atoms with Crippen LogP contribution in [0, 0.1) is 0 Å². The first-order valence-electron chi connectivity index (χ1n) is 5.94. The van der Waals surface area contributed by atoms with E-state index >= 15 is 0 Å². The maximum absolute atomic E-state index is 5.47. The molecule has 0 aromatic carbocycles. The Hall–Kier alpha value is -2.38. The van der Waals surface area contributed by atoms with E-state index in [2.05, 4.69) is 30.7 Å². The molecule has 0 spiro atoms. The van der Waals surface area contributed by atoms with Gasteiger partial charge in [-0.15, -0.1) is 0 Å². The molecular formula is C11H17N7O. The predicted molar refractivity (Wildman–Crippen MR) is 71.6 cm³/mol. The van der Waals surface area contributed by atoms with Gasteiger partial charge in [-0.25, -0.2) is 0 Å². The first-order valence-corrected chi connectivity index (χ1v) is 5.94. The highest BCUT2D eigenvalue weighted by Gasteiger charge is 2.09. The molecular weight excluding hydrogens is 246 g/mol. The summed E-state index contributed by atoms with van der Waals surface area (Å²) in [5.41, 5.74) is 0. The number of aryl methyl sites for hydroxylation is 1. The first-order chi connectivity index (χ1) is 9.06. The van der Waals surface area contributed by atoms with Crippen molar-refractivity contribution in [3.8, 4) is 6.01 Å². The average Bonchev–Trinajstić information content (AvgIpc) is 2.73. The van der Waals surface area contributed by atoms with Gasteiger partial charge in [-0.2, -0.15) is 20.1 Å². The number of aromatic nitrogens is 5. The molecule has 0 unspecified atom stereocenters. The molecule has 0 aliphatic rings. The number of hydrogen-bond donors (Lipinski definition) is 2. The van der Waals surface area contributed by atoms with Crippen molar-refractivity contribution in [1.29, 1.82) is 0 Å². The van der Waals surface area contributed by atoms with Crippen molar-refractivity contribution in [2.45, 2.75) is 20.0 Å². The summed E-state index contributed by atoms with van der Waals surface area (Å²) in [4.78, 5) is 12.5. The van der Waals surface area contributed by atoms with Crippen molar-refractivity contribution < 1.29 is 4.74 Å². The number of nitrogens with one attached hydrogen (secondary N) is 2. The van der Waals surface area contributed by atoms with Crippen LogP contribution in [0.25, 0.3) is 0 Å². The summed E-state index contributed by atoms with van der Waals surface area (Å²) in [5.74, 6) is 1.48. The summed E-state index contributed by atoms with van der Waals surface area (Å²) in [5, 5.41) is 10.1. The van der Waals surface area contributed by atoms with Gasteiger partial charge in [-0.3, -0.25) is 4.68 Å². The Balaban J connectivity index is 2.23. The summed E-state index contributed by atoms with van der Waals surface area (Å²) in [7, 11) is 3.57. The fourth-order valence-electron chi connectivity index (χ4n) is 1.38. The number of ether oxygens (including phenoxy) is 1. The van der Waals surface area contributed by atoms with Crippen molar-refractivity contribution >= 4 is 17.7 Å². The molecule has 2 heterocycles. The zero-order chi connectivity index (χ0) is 13.8. The van der Waals surface area contributed by atoms with Gasteiger partial charge >= 0.3 is 6.01 Å². The van der Waals surface area contributed by atoms with E-state index in [9.17, 15) is 0 Å². The average molecular weight is 263 g/mol. The molecule has 0 bridgehead atoms. The smallest absolute Gasteiger partial charge is 0.323 e. The summed E-state index contributed by atoms with van der Waals surface area (Å²) in [6.45, 7) is 3.82. The minimum absolute atomic E-state index is 0.00481. The zero-order valence-corrected chi connectivity index (χ0v) is 11.4. The lowest BCUT2D eigenvalue weighted by molar-refractivity contribution is 0.222. The number of anilines is 3. The fourth-order valence-corrected chi connectivity index (χ4v) is 1.38. The van der Waals surface area contributed by atoms with Gasteiger partial charge in [-0.1, -0.05) is 0 Å². The quantitative estimate of drug-likeness (QED) is 0.837. The molecule has 19 heavy (non-hydrogen) atoms. The molecule has 0 atom stereocenters. The molecule has 0 aliphatic carbocycles. The van der Waals surface area contributed by atoms with Crippen LogP contribution in [0.15, 0.2) is 12.3 Å². The second-order valence-electron chi connectivity index (χ2n) is 4.18. The molecule has 8 heteroatoms. The van der Waals surface area contributed by atoms with Gasteiger partial charge in [0.2, 0.25) is 11.9 Å². The van der Waals surface area contributed by atoms with Crippen molar-refractivity contribution in [3.05, 3.63) is 12.3 Å².